The Balaban J connectivity index is -0.000000726. The number of unbranched alkanes of at least 4 members (excludes halogenated alkanes) is 10. The van der Waals surface area contributed by atoms with E-state index in [2.05, 4.69) is 76.2 Å². The van der Waals surface area contributed by atoms with Crippen LogP contribution in [-0.2, 0) is 4.57 Å². The van der Waals surface area contributed by atoms with Crippen molar-refractivity contribution in [3.05, 3.63) is 0 Å². The molecule has 330 valence electrons. The number of rotatable bonds is 36. The molecule has 0 amide bonds. The Morgan fingerprint density at radius 3 is 0.852 bits per heavy atom. The van der Waals surface area contributed by atoms with E-state index in [1.807, 2.05) is 6.92 Å². The van der Waals surface area contributed by atoms with Crippen molar-refractivity contribution in [1.29, 1.82) is 0 Å². The first-order valence-electron chi connectivity index (χ1n) is 24.6. The van der Waals surface area contributed by atoms with Crippen LogP contribution in [0.2, 0.25) is 0 Å². The number of nitrogens with zero attached hydrogens (tertiary/aromatic N) is 2. The average molecular weight is 789 g/mol. The average Bonchev–Trinajstić information content (AvgIpc) is 3.17. The van der Waals surface area contributed by atoms with Crippen LogP contribution in [0.4, 0.5) is 0 Å². The number of hydrogen-bond donors (Lipinski definition) is 0. The molecule has 0 saturated heterocycles. The van der Waals surface area contributed by atoms with Gasteiger partial charge in [-0.15, -0.1) is 0 Å². The lowest BCUT2D eigenvalue weighted by molar-refractivity contribution is -0.929. The molecular weight excluding hydrogens is 684 g/mol. The Morgan fingerprint density at radius 1 is 0.389 bits per heavy atom. The van der Waals surface area contributed by atoms with Gasteiger partial charge in [-0.05, 0) is 81.7 Å². The lowest BCUT2D eigenvalue weighted by atomic mass is 9.86. The fourth-order valence-electron chi connectivity index (χ4n) is 8.33. The second-order valence-electron chi connectivity index (χ2n) is 17.4. The van der Waals surface area contributed by atoms with Crippen LogP contribution in [0, 0.1) is 11.8 Å². The van der Waals surface area contributed by atoms with Crippen LogP contribution in [0.5, 0.6) is 0 Å². The normalized spacial score (nSPS) is 13.8. The third kappa shape index (κ3) is 31.1. The molecule has 0 fully saturated rings. The predicted octanol–water partition coefficient (Wildman–Crippen LogP) is 14.1. The monoisotopic (exact) mass is 789 g/mol. The van der Waals surface area contributed by atoms with Crippen molar-refractivity contribution >= 4 is 7.60 Å². The maximum absolute atomic E-state index is 11.7. The van der Waals surface area contributed by atoms with Gasteiger partial charge in [-0.2, -0.15) is 0 Å². The first kappa shape index (κ1) is 58.4. The van der Waals surface area contributed by atoms with Crippen molar-refractivity contribution in [2.45, 2.75) is 249 Å². The molecule has 0 aliphatic heterocycles. The SMILES string of the molecule is CCCCC(CC)CC(C(CC)CCCC)P(=O)([O-])[O-].CCCC[N+](CCCC)(CCCC)CCCC.CCCC[N+](CCCC)(CCCC)CCCC. The first-order valence-corrected chi connectivity index (χ1v) is 26.2. The molecule has 0 bridgehead atoms. The molecule has 0 aromatic carbocycles. The van der Waals surface area contributed by atoms with Crippen molar-refractivity contribution in [3.8, 4) is 0 Å². The van der Waals surface area contributed by atoms with E-state index in [0.717, 1.165) is 51.4 Å². The van der Waals surface area contributed by atoms with Gasteiger partial charge in [0.15, 0.2) is 0 Å². The molecule has 0 spiro atoms. The first-order chi connectivity index (χ1) is 25.9. The summed E-state index contributed by atoms with van der Waals surface area (Å²) in [6.45, 7) is 38.4. The summed E-state index contributed by atoms with van der Waals surface area (Å²) in [5.41, 5.74) is -0.652. The Bertz CT molecular complexity index is 677. The summed E-state index contributed by atoms with van der Waals surface area (Å²) in [6, 6.07) is 0. The van der Waals surface area contributed by atoms with Crippen LogP contribution in [0.15, 0.2) is 0 Å². The Hall–Kier alpha value is 0.0700. The maximum Gasteiger partial charge on any atom is 0.0786 e. The molecule has 54 heavy (non-hydrogen) atoms. The quantitative estimate of drug-likeness (QED) is 0.0469. The zero-order valence-electron chi connectivity index (χ0n) is 39.6. The van der Waals surface area contributed by atoms with Crippen LogP contribution in [0.1, 0.15) is 244 Å². The van der Waals surface area contributed by atoms with Crippen molar-refractivity contribution < 1.29 is 23.3 Å². The summed E-state index contributed by atoms with van der Waals surface area (Å²) in [6.07, 6.45) is 30.7. The van der Waals surface area contributed by atoms with Crippen molar-refractivity contribution in [2.24, 2.45) is 11.8 Å². The molecule has 0 N–H and O–H groups in total. The Morgan fingerprint density at radius 2 is 0.648 bits per heavy atom. The van der Waals surface area contributed by atoms with Crippen molar-refractivity contribution in [1.82, 2.24) is 0 Å². The lowest BCUT2D eigenvalue weighted by Gasteiger charge is -2.44. The smallest absolute Gasteiger partial charge is 0.0786 e. The zero-order chi connectivity index (χ0) is 41.6. The predicted molar refractivity (Wildman–Crippen MR) is 241 cm³/mol. The van der Waals surface area contributed by atoms with Crippen LogP contribution in [-0.4, -0.2) is 67.0 Å². The third-order valence-electron chi connectivity index (χ3n) is 12.4. The van der Waals surface area contributed by atoms with Gasteiger partial charge < -0.3 is 23.3 Å². The largest absolute Gasteiger partial charge is 0.811 e. The van der Waals surface area contributed by atoms with E-state index in [0.29, 0.717) is 12.3 Å². The van der Waals surface area contributed by atoms with Gasteiger partial charge in [-0.25, -0.2) is 0 Å². The van der Waals surface area contributed by atoms with Crippen molar-refractivity contribution in [2.75, 3.05) is 52.4 Å². The molecule has 0 aromatic heterocycles. The van der Waals surface area contributed by atoms with E-state index in [4.69, 9.17) is 0 Å². The molecule has 6 heteroatoms. The van der Waals surface area contributed by atoms with Gasteiger partial charge in [-0.1, -0.05) is 187 Å². The Labute approximate surface area is 343 Å². The summed E-state index contributed by atoms with van der Waals surface area (Å²) >= 11 is 0. The lowest BCUT2D eigenvalue weighted by Crippen LogP contribution is -2.50. The molecule has 0 aliphatic rings. The highest BCUT2D eigenvalue weighted by molar-refractivity contribution is 7.49. The summed E-state index contributed by atoms with van der Waals surface area (Å²) in [4.78, 5) is 23.4. The fourth-order valence-corrected chi connectivity index (χ4v) is 9.76. The van der Waals surface area contributed by atoms with Gasteiger partial charge in [0.1, 0.15) is 0 Å². The molecule has 0 aromatic rings. The van der Waals surface area contributed by atoms with E-state index in [9.17, 15) is 14.4 Å². The summed E-state index contributed by atoms with van der Waals surface area (Å²) in [7, 11) is -4.49. The van der Waals surface area contributed by atoms with Gasteiger partial charge in [0.25, 0.3) is 0 Å². The highest BCUT2D eigenvalue weighted by Crippen LogP contribution is 2.44. The molecule has 5 nitrogen and oxygen atoms in total. The molecule has 3 unspecified atom stereocenters. The van der Waals surface area contributed by atoms with Crippen LogP contribution >= 0.6 is 7.60 Å². The maximum atomic E-state index is 11.7. The minimum absolute atomic E-state index is 0.0476. The highest BCUT2D eigenvalue weighted by Gasteiger charge is 2.27. The summed E-state index contributed by atoms with van der Waals surface area (Å²) in [5.74, 6) is 0.429. The minimum atomic E-state index is -4.49. The van der Waals surface area contributed by atoms with Gasteiger partial charge in [0, 0.05) is 0 Å². The Kier molecular flexibility index (Phi) is 43.1. The fraction of sp³-hybridized carbons (Fsp3) is 1.00. The van der Waals surface area contributed by atoms with E-state index >= 15 is 0 Å². The van der Waals surface area contributed by atoms with Crippen LogP contribution < -0.4 is 9.79 Å². The minimum Gasteiger partial charge on any atom is -0.811 e. The van der Waals surface area contributed by atoms with E-state index in [1.54, 1.807) is 0 Å². The van der Waals surface area contributed by atoms with E-state index in [1.165, 1.54) is 164 Å². The van der Waals surface area contributed by atoms with Crippen molar-refractivity contribution in [3.63, 3.8) is 0 Å². The molecule has 0 heterocycles. The molecule has 3 atom stereocenters. The van der Waals surface area contributed by atoms with Gasteiger partial charge in [-0.3, -0.25) is 0 Å². The van der Waals surface area contributed by atoms with Crippen LogP contribution in [0.25, 0.3) is 0 Å². The second-order valence-corrected chi connectivity index (χ2v) is 19.1. The summed E-state index contributed by atoms with van der Waals surface area (Å²) in [5, 5.41) is 0. The third-order valence-corrected chi connectivity index (χ3v) is 13.9. The molecular formula is C48H105N2O3P. The zero-order valence-corrected chi connectivity index (χ0v) is 40.5. The van der Waals surface area contributed by atoms with Gasteiger partial charge in [0.05, 0.1) is 52.4 Å². The highest BCUT2D eigenvalue weighted by atomic mass is 31.2. The summed E-state index contributed by atoms with van der Waals surface area (Å²) < 4.78 is 14.5. The van der Waals surface area contributed by atoms with Crippen LogP contribution in [0.3, 0.4) is 0 Å². The standard InChI is InChI=1S/2C16H36N.C16H35O3P/c2*1-5-9-13-17(14-10-6-2,15-11-7-3)16-12-8-4;1-5-9-11-14(7-3)13-16(20(17,18)19)15(8-4)12-10-6-2/h2*5-16H2,1-4H3;14-16H,5-13H2,1-4H3,(H2,17,18,19)/q2*+1;/p-2. The molecule has 0 saturated carbocycles. The number of hydrogen-bond acceptors (Lipinski definition) is 3. The van der Waals surface area contributed by atoms with Gasteiger partial charge >= 0.3 is 0 Å². The van der Waals surface area contributed by atoms with E-state index < -0.39 is 13.3 Å². The topological polar surface area (TPSA) is 63.2 Å². The number of quaternary nitrogens is 2. The van der Waals surface area contributed by atoms with E-state index in [-0.39, 0.29) is 5.92 Å². The van der Waals surface area contributed by atoms with Gasteiger partial charge in [0.2, 0.25) is 0 Å². The second kappa shape index (κ2) is 39.9. The molecule has 0 radical (unpaired) electrons. The molecule has 0 aliphatic carbocycles. The molecule has 0 rings (SSSR count).